The van der Waals surface area contributed by atoms with Crippen LogP contribution in [0.15, 0.2) is 0 Å². The van der Waals surface area contributed by atoms with Gasteiger partial charge in [-0.25, -0.2) is 9.78 Å². The van der Waals surface area contributed by atoms with Crippen LogP contribution in [-0.4, -0.2) is 50.1 Å². The molecule has 0 unspecified atom stereocenters. The Balaban J connectivity index is 2.59. The molecule has 0 saturated heterocycles. The van der Waals surface area contributed by atoms with Gasteiger partial charge < -0.3 is 15.0 Å². The highest BCUT2D eigenvalue weighted by Crippen LogP contribution is 2.22. The molecule has 6 heteroatoms. The lowest BCUT2D eigenvalue weighted by molar-refractivity contribution is 0.0594. The number of nitrogens with zero attached hydrogens (tertiary/aromatic N) is 2. The van der Waals surface area contributed by atoms with Crippen molar-refractivity contribution in [2.75, 3.05) is 39.6 Å². The zero-order chi connectivity index (χ0) is 12.1. The molecule has 5 nitrogen and oxygen atoms in total. The van der Waals surface area contributed by atoms with E-state index in [2.05, 4.69) is 19.9 Å². The van der Waals surface area contributed by atoms with Crippen LogP contribution in [0.25, 0.3) is 0 Å². The molecule has 16 heavy (non-hydrogen) atoms. The lowest BCUT2D eigenvalue weighted by Gasteiger charge is -2.08. The predicted molar refractivity (Wildman–Crippen MR) is 65.2 cm³/mol. The summed E-state index contributed by atoms with van der Waals surface area (Å²) >= 11 is 1.47. The number of methoxy groups -OCH3 is 1. The van der Waals surface area contributed by atoms with Crippen molar-refractivity contribution in [1.82, 2.24) is 9.88 Å². The van der Waals surface area contributed by atoms with Crippen LogP contribution < -0.4 is 5.32 Å². The van der Waals surface area contributed by atoms with Crippen LogP contribution in [0.3, 0.4) is 0 Å². The van der Waals surface area contributed by atoms with Gasteiger partial charge in [-0.2, -0.15) is 0 Å². The first-order valence-corrected chi connectivity index (χ1v) is 5.80. The van der Waals surface area contributed by atoms with Gasteiger partial charge in [-0.3, -0.25) is 0 Å². The molecule has 90 valence electrons. The molecular formula is C10H17N3O2S. The fraction of sp³-hybridized carbons (Fsp3) is 0.600. The molecule has 0 saturated carbocycles. The molecular weight excluding hydrogens is 226 g/mol. The van der Waals surface area contributed by atoms with Crippen LogP contribution >= 0.6 is 11.3 Å². The Labute approximate surface area is 99.4 Å². The maximum Gasteiger partial charge on any atom is 0.357 e. The summed E-state index contributed by atoms with van der Waals surface area (Å²) in [5.41, 5.74) is 0.403. The molecule has 0 amide bonds. The van der Waals surface area contributed by atoms with Crippen molar-refractivity contribution in [3.63, 3.8) is 0 Å². The van der Waals surface area contributed by atoms with Crippen molar-refractivity contribution >= 4 is 22.4 Å². The topological polar surface area (TPSA) is 54.5 Å². The molecule has 0 aliphatic rings. The molecule has 1 rings (SSSR count). The molecule has 0 atom stereocenters. The Morgan fingerprint density at radius 3 is 2.81 bits per heavy atom. The fourth-order valence-corrected chi connectivity index (χ4v) is 1.97. The number of carbonyl (C=O) groups is 1. The molecule has 0 fully saturated rings. The van der Waals surface area contributed by atoms with Gasteiger partial charge in [0.15, 0.2) is 10.8 Å². The van der Waals surface area contributed by atoms with Gasteiger partial charge in [-0.1, -0.05) is 0 Å². The number of ether oxygens (including phenoxy) is 1. The van der Waals surface area contributed by atoms with Gasteiger partial charge in [0.2, 0.25) is 0 Å². The van der Waals surface area contributed by atoms with Crippen LogP contribution in [0.4, 0.5) is 5.13 Å². The first-order valence-electron chi connectivity index (χ1n) is 4.99. The summed E-state index contributed by atoms with van der Waals surface area (Å²) in [5, 5.41) is 3.94. The first kappa shape index (κ1) is 12.9. The van der Waals surface area contributed by atoms with Crippen molar-refractivity contribution in [2.24, 2.45) is 0 Å². The van der Waals surface area contributed by atoms with E-state index >= 15 is 0 Å². The normalized spacial score (nSPS) is 10.6. The number of aryl methyl sites for hydroxylation is 1. The monoisotopic (exact) mass is 243 g/mol. The Hall–Kier alpha value is -1.14. The molecule has 0 bridgehead atoms. The van der Waals surface area contributed by atoms with Crippen molar-refractivity contribution in [3.8, 4) is 0 Å². The summed E-state index contributed by atoms with van der Waals surface area (Å²) in [6.07, 6.45) is 0. The number of anilines is 1. The van der Waals surface area contributed by atoms with E-state index in [1.807, 2.05) is 21.0 Å². The number of thiazole rings is 1. The SMILES string of the molecule is COC(=O)c1nc(NCCN(C)C)sc1C. The molecule has 0 radical (unpaired) electrons. The number of esters is 1. The highest BCUT2D eigenvalue weighted by atomic mass is 32.1. The zero-order valence-electron chi connectivity index (χ0n) is 10.0. The number of carbonyl (C=O) groups excluding carboxylic acids is 1. The predicted octanol–water partition coefficient (Wildman–Crippen LogP) is 1.21. The smallest absolute Gasteiger partial charge is 0.357 e. The summed E-state index contributed by atoms with van der Waals surface area (Å²) in [6, 6.07) is 0. The van der Waals surface area contributed by atoms with Crippen LogP contribution in [-0.2, 0) is 4.74 Å². The maximum atomic E-state index is 11.3. The van der Waals surface area contributed by atoms with Gasteiger partial charge in [0.05, 0.1) is 7.11 Å². The fourth-order valence-electron chi connectivity index (χ4n) is 1.14. The van der Waals surface area contributed by atoms with Crippen molar-refractivity contribution in [3.05, 3.63) is 10.6 Å². The maximum absolute atomic E-state index is 11.3. The van der Waals surface area contributed by atoms with Gasteiger partial charge in [0.1, 0.15) is 0 Å². The van der Waals surface area contributed by atoms with Crippen molar-refractivity contribution in [1.29, 1.82) is 0 Å². The standard InChI is InChI=1S/C10H17N3O2S/c1-7-8(9(14)15-4)12-10(16-7)11-5-6-13(2)3/h5-6H2,1-4H3,(H,11,12). The molecule has 1 aromatic heterocycles. The summed E-state index contributed by atoms with van der Waals surface area (Å²) < 4.78 is 4.64. The van der Waals surface area contributed by atoms with E-state index in [0.717, 1.165) is 23.1 Å². The van der Waals surface area contributed by atoms with E-state index in [0.29, 0.717) is 5.69 Å². The Morgan fingerprint density at radius 2 is 2.25 bits per heavy atom. The Kier molecular flexibility index (Phi) is 4.70. The van der Waals surface area contributed by atoms with Crippen molar-refractivity contribution in [2.45, 2.75) is 6.92 Å². The minimum atomic E-state index is -0.380. The van der Waals surface area contributed by atoms with E-state index in [1.54, 1.807) is 0 Å². The average Bonchev–Trinajstić information content (AvgIpc) is 2.58. The third-order valence-electron chi connectivity index (χ3n) is 2.01. The second-order valence-electron chi connectivity index (χ2n) is 3.65. The summed E-state index contributed by atoms with van der Waals surface area (Å²) in [6.45, 7) is 3.59. The lowest BCUT2D eigenvalue weighted by Crippen LogP contribution is -2.20. The first-order chi connectivity index (χ1) is 7.54. The average molecular weight is 243 g/mol. The van der Waals surface area contributed by atoms with Crippen LogP contribution in [0.2, 0.25) is 0 Å². The molecule has 1 heterocycles. The molecule has 0 aliphatic carbocycles. The highest BCUT2D eigenvalue weighted by Gasteiger charge is 2.15. The van der Waals surface area contributed by atoms with Gasteiger partial charge in [-0.05, 0) is 21.0 Å². The second kappa shape index (κ2) is 5.81. The lowest BCUT2D eigenvalue weighted by atomic mass is 10.4. The molecule has 0 aliphatic heterocycles. The Morgan fingerprint density at radius 1 is 1.56 bits per heavy atom. The molecule has 1 aromatic rings. The van der Waals surface area contributed by atoms with Crippen molar-refractivity contribution < 1.29 is 9.53 Å². The zero-order valence-corrected chi connectivity index (χ0v) is 10.8. The van der Waals surface area contributed by atoms with E-state index in [-0.39, 0.29) is 5.97 Å². The summed E-state index contributed by atoms with van der Waals surface area (Å²) in [4.78, 5) is 18.5. The molecule has 0 aromatic carbocycles. The Bertz CT molecular complexity index is 363. The minimum absolute atomic E-state index is 0.380. The number of rotatable bonds is 5. The van der Waals surface area contributed by atoms with Gasteiger partial charge >= 0.3 is 5.97 Å². The third kappa shape index (κ3) is 3.46. The van der Waals surface area contributed by atoms with Crippen LogP contribution in [0.1, 0.15) is 15.4 Å². The quantitative estimate of drug-likeness (QED) is 0.788. The van der Waals surface area contributed by atoms with Gasteiger partial charge in [0, 0.05) is 18.0 Å². The largest absolute Gasteiger partial charge is 0.464 e. The van der Waals surface area contributed by atoms with Crippen LogP contribution in [0, 0.1) is 6.92 Å². The second-order valence-corrected chi connectivity index (χ2v) is 4.85. The summed E-state index contributed by atoms with van der Waals surface area (Å²) in [5.74, 6) is -0.380. The summed E-state index contributed by atoms with van der Waals surface area (Å²) in [7, 11) is 5.38. The van der Waals surface area contributed by atoms with E-state index in [9.17, 15) is 4.79 Å². The van der Waals surface area contributed by atoms with Gasteiger partial charge in [-0.15, -0.1) is 11.3 Å². The van der Waals surface area contributed by atoms with E-state index in [4.69, 9.17) is 0 Å². The minimum Gasteiger partial charge on any atom is -0.464 e. The number of likely N-dealkylation sites (N-methyl/N-ethyl adjacent to an activating group) is 1. The molecule has 1 N–H and O–H groups in total. The third-order valence-corrected chi connectivity index (χ3v) is 2.94. The number of hydrogen-bond donors (Lipinski definition) is 1. The number of nitrogens with one attached hydrogen (secondary N) is 1. The number of aromatic nitrogens is 1. The number of hydrogen-bond acceptors (Lipinski definition) is 6. The highest BCUT2D eigenvalue weighted by molar-refractivity contribution is 7.15. The molecule has 0 spiro atoms. The van der Waals surface area contributed by atoms with E-state index in [1.165, 1.54) is 18.4 Å². The van der Waals surface area contributed by atoms with Gasteiger partial charge in [0.25, 0.3) is 0 Å². The van der Waals surface area contributed by atoms with Crippen LogP contribution in [0.5, 0.6) is 0 Å². The van der Waals surface area contributed by atoms with E-state index < -0.39 is 0 Å².